The predicted molar refractivity (Wildman–Crippen MR) is 226 cm³/mol. The molecule has 2 rings (SSSR count). The molecule has 0 unspecified atom stereocenters. The van der Waals surface area contributed by atoms with E-state index in [1.165, 1.54) is 44.6 Å². The first kappa shape index (κ1) is 44.7. The molecule has 0 spiro atoms. The van der Waals surface area contributed by atoms with Crippen molar-refractivity contribution in [2.75, 3.05) is 13.2 Å². The van der Waals surface area contributed by atoms with Crippen LogP contribution in [-0.2, 0) is 13.6 Å². The van der Waals surface area contributed by atoms with E-state index in [4.69, 9.17) is 9.05 Å². The van der Waals surface area contributed by atoms with Crippen LogP contribution in [0.2, 0.25) is 4.82 Å². The second-order valence-corrected chi connectivity index (χ2v) is 22.4. The molecule has 51 heavy (non-hydrogen) atoms. The first-order valence-corrected chi connectivity index (χ1v) is 23.5. The maximum absolute atomic E-state index is 13.5. The number of hydrogen-bond acceptors (Lipinski definition) is 3. The van der Waals surface area contributed by atoms with E-state index in [0.29, 0.717) is 18.0 Å². The zero-order valence-corrected chi connectivity index (χ0v) is 36.5. The fraction of sp³-hybridized carbons (Fsp3) is 0.478. The number of hydrogen-bond donors (Lipinski definition) is 0. The molecule has 0 fully saturated rings. The van der Waals surface area contributed by atoms with Crippen molar-refractivity contribution in [2.24, 2.45) is 10.8 Å². The molecule has 0 heterocycles. The van der Waals surface area contributed by atoms with Crippen LogP contribution in [0.3, 0.4) is 0 Å². The minimum atomic E-state index is -3.02. The van der Waals surface area contributed by atoms with Gasteiger partial charge in [-0.2, -0.15) is 0 Å². The summed E-state index contributed by atoms with van der Waals surface area (Å²) in [7, 11) is 0. The molecule has 0 radical (unpaired) electrons. The monoisotopic (exact) mass is 778 g/mol. The van der Waals surface area contributed by atoms with Crippen molar-refractivity contribution in [1.82, 2.24) is 0 Å². The van der Waals surface area contributed by atoms with Crippen LogP contribution in [-0.4, -0.2) is 27.7 Å². The van der Waals surface area contributed by atoms with Gasteiger partial charge in [-0.05, 0) is 32.8 Å². The van der Waals surface area contributed by atoms with Gasteiger partial charge in [0, 0.05) is 5.41 Å². The third-order valence-corrected chi connectivity index (χ3v) is 16.1. The second-order valence-electron chi connectivity index (χ2n) is 15.3. The van der Waals surface area contributed by atoms with Gasteiger partial charge in [-0.3, -0.25) is 0 Å². The molecule has 280 valence electrons. The van der Waals surface area contributed by atoms with Crippen molar-refractivity contribution in [3.05, 3.63) is 142 Å². The zero-order chi connectivity index (χ0) is 38.1. The second kappa shape index (κ2) is 21.9. The molecule has 0 N–H and O–H groups in total. The molecule has 2 aliphatic rings. The Morgan fingerprint density at radius 3 is 1.69 bits per heavy atom. The molecule has 5 heteroatoms. The van der Waals surface area contributed by atoms with Crippen LogP contribution in [0.1, 0.15) is 115 Å². The van der Waals surface area contributed by atoms with Gasteiger partial charge in [0.05, 0.1) is 0 Å². The summed E-state index contributed by atoms with van der Waals surface area (Å²) in [6, 6.07) is 0. The van der Waals surface area contributed by atoms with Gasteiger partial charge in [-0.25, -0.2) is 0 Å². The SMILES string of the molecule is CCCOP(=O)(OCCC)[Se][C@H]1CC(C)=C(/C=C/C(C)=C/C=C/C(C)=C/C=C/C=C(C)/C=C/C=C(C)/C=C/C2=C(C)CC=CC2(C)C)C(C)(C)C1. The summed E-state index contributed by atoms with van der Waals surface area (Å²) in [5.41, 5.74) is 10.6. The van der Waals surface area contributed by atoms with Gasteiger partial charge >= 0.3 is 191 Å². The maximum atomic E-state index is 13.5. The van der Waals surface area contributed by atoms with E-state index in [-0.39, 0.29) is 25.3 Å². The summed E-state index contributed by atoms with van der Waals surface area (Å²) in [6.45, 7) is 27.3. The van der Waals surface area contributed by atoms with Crippen LogP contribution in [0.5, 0.6) is 0 Å². The molecule has 2 aliphatic carbocycles. The van der Waals surface area contributed by atoms with E-state index in [1.807, 2.05) is 13.8 Å². The Labute approximate surface area is 318 Å². The van der Waals surface area contributed by atoms with Crippen LogP contribution >= 0.6 is 6.29 Å². The fourth-order valence-electron chi connectivity index (χ4n) is 6.32. The summed E-state index contributed by atoms with van der Waals surface area (Å²) in [4.78, 5) is 0.349. The summed E-state index contributed by atoms with van der Waals surface area (Å²) in [5.74, 6) is 0. The standard InChI is InChI=1S/C46H67O3PSe/c1-13-32-48-50(47,49-33-14-2)51-42-34-41(8)44(46(11,12)35-42)30-28-39(6)25-18-23-37(4)21-16-15-20-36(3)22-17-24-38(5)27-29-43-40(7)26-19-31-45(43,9)10/h15-25,27-31,42H,13-14,26,32-35H2,1-12H3/b16-15+,22-17+,23-18+,29-27+,30-28+,36-20+,37-21+,38-24+,39-25+/t42-/m0/s1. The number of allylic oxidation sites excluding steroid dienone is 24. The summed E-state index contributed by atoms with van der Waals surface area (Å²) < 4.78 is 25.2. The Hall–Kier alpha value is -2.45. The molecule has 1 atom stereocenters. The van der Waals surface area contributed by atoms with E-state index < -0.39 is 6.29 Å². The van der Waals surface area contributed by atoms with Crippen molar-refractivity contribution < 1.29 is 13.6 Å². The average molecular weight is 778 g/mol. The Bertz CT molecular complexity index is 1580. The Morgan fingerprint density at radius 2 is 1.22 bits per heavy atom. The molecule has 0 bridgehead atoms. The van der Waals surface area contributed by atoms with Crippen molar-refractivity contribution >= 4 is 20.8 Å². The van der Waals surface area contributed by atoms with E-state index in [1.54, 1.807) is 0 Å². The van der Waals surface area contributed by atoms with Gasteiger partial charge in [0.2, 0.25) is 0 Å². The average Bonchev–Trinajstić information content (AvgIpc) is 3.03. The Kier molecular flexibility index (Phi) is 19.2. The number of rotatable bonds is 18. The van der Waals surface area contributed by atoms with E-state index in [0.717, 1.165) is 32.1 Å². The normalized spacial score (nSPS) is 21.3. The molecule has 0 aromatic heterocycles. The summed E-state index contributed by atoms with van der Waals surface area (Å²) in [5, 5.41) is 0. The fourth-order valence-corrected chi connectivity index (χ4v) is 14.2. The van der Waals surface area contributed by atoms with Gasteiger partial charge in [-0.1, -0.05) is 91.3 Å². The summed E-state index contributed by atoms with van der Waals surface area (Å²) in [6.07, 6.45) is 36.6. The molecular formula is C46H67O3PSe. The van der Waals surface area contributed by atoms with Gasteiger partial charge in [-0.15, -0.1) is 0 Å². The molecule has 0 aliphatic heterocycles. The molecule has 0 saturated heterocycles. The molecule has 0 amide bonds. The van der Waals surface area contributed by atoms with Crippen molar-refractivity contribution in [1.29, 1.82) is 0 Å². The van der Waals surface area contributed by atoms with Gasteiger partial charge < -0.3 is 0 Å². The van der Waals surface area contributed by atoms with Crippen LogP contribution in [0.4, 0.5) is 0 Å². The van der Waals surface area contributed by atoms with Gasteiger partial charge in [0.15, 0.2) is 0 Å². The first-order valence-electron chi connectivity index (χ1n) is 18.8. The summed E-state index contributed by atoms with van der Waals surface area (Å²) >= 11 is -0.199. The van der Waals surface area contributed by atoms with Crippen molar-refractivity contribution in [2.45, 2.75) is 120 Å². The quantitative estimate of drug-likeness (QED) is 0.0602. The van der Waals surface area contributed by atoms with Crippen LogP contribution in [0.15, 0.2) is 142 Å². The van der Waals surface area contributed by atoms with Crippen molar-refractivity contribution in [3.8, 4) is 0 Å². The molecule has 0 saturated carbocycles. The van der Waals surface area contributed by atoms with E-state index >= 15 is 0 Å². The topological polar surface area (TPSA) is 35.5 Å². The molecule has 0 aromatic rings. The van der Waals surface area contributed by atoms with E-state index in [9.17, 15) is 4.57 Å². The zero-order valence-electron chi connectivity index (χ0n) is 33.8. The van der Waals surface area contributed by atoms with Crippen LogP contribution in [0, 0.1) is 10.8 Å². The Morgan fingerprint density at radius 1 is 0.745 bits per heavy atom. The van der Waals surface area contributed by atoms with Crippen LogP contribution < -0.4 is 0 Å². The molecule has 0 aromatic carbocycles. The Balaban J connectivity index is 1.95. The third-order valence-electron chi connectivity index (χ3n) is 9.05. The third kappa shape index (κ3) is 16.4. The molecular weight excluding hydrogens is 710 g/mol. The minimum absolute atomic E-state index is 0.00436. The molecule has 3 nitrogen and oxygen atoms in total. The predicted octanol–water partition coefficient (Wildman–Crippen LogP) is 14.4. The van der Waals surface area contributed by atoms with Gasteiger partial charge in [0.1, 0.15) is 0 Å². The van der Waals surface area contributed by atoms with Crippen molar-refractivity contribution in [3.63, 3.8) is 0 Å². The van der Waals surface area contributed by atoms with E-state index in [2.05, 4.69) is 166 Å². The first-order chi connectivity index (χ1) is 24.0. The van der Waals surface area contributed by atoms with Crippen LogP contribution in [0.25, 0.3) is 0 Å². The van der Waals surface area contributed by atoms with Gasteiger partial charge in [0.25, 0.3) is 0 Å².